The van der Waals surface area contributed by atoms with Crippen LogP contribution >= 0.6 is 34.7 Å². The molecule has 7 nitrogen and oxygen atoms in total. The zero-order chi connectivity index (χ0) is 22.1. The van der Waals surface area contributed by atoms with Crippen LogP contribution in [0.25, 0.3) is 10.6 Å². The molecule has 0 spiro atoms. The second kappa shape index (κ2) is 8.97. The number of halogens is 2. The standard InChI is InChI=1S/C21H16ClFN4O3S2/c1-27-19(8-28-16-5-3-13(23)7-15(16)22)25-26-21(27)32-10-14-9-31-20(24-14)12-2-4-17-18(6-12)30-11-29-17/h2-7,9H,8,10-11H2,1H3. The normalized spacial score (nSPS) is 12.3. The lowest BCUT2D eigenvalue weighted by atomic mass is 10.2. The van der Waals surface area contributed by atoms with Crippen LogP contribution in [-0.4, -0.2) is 26.5 Å². The summed E-state index contributed by atoms with van der Waals surface area (Å²) in [6.07, 6.45) is 0. The first kappa shape index (κ1) is 21.0. The molecule has 5 rings (SSSR count). The van der Waals surface area contributed by atoms with Crippen molar-refractivity contribution in [2.75, 3.05) is 6.79 Å². The Morgan fingerprint density at radius 1 is 1.19 bits per heavy atom. The minimum Gasteiger partial charge on any atom is -0.484 e. The third-order valence-electron chi connectivity index (χ3n) is 4.70. The predicted molar refractivity (Wildman–Crippen MR) is 120 cm³/mol. The summed E-state index contributed by atoms with van der Waals surface area (Å²) >= 11 is 9.11. The van der Waals surface area contributed by atoms with E-state index in [1.54, 1.807) is 11.3 Å². The molecule has 1 aliphatic heterocycles. The molecular formula is C21H16ClFN4O3S2. The molecule has 32 heavy (non-hydrogen) atoms. The van der Waals surface area contributed by atoms with Crippen LogP contribution in [0.15, 0.2) is 46.9 Å². The topological polar surface area (TPSA) is 71.3 Å². The predicted octanol–water partition coefficient (Wildman–Crippen LogP) is 5.33. The number of ether oxygens (including phenoxy) is 3. The molecule has 0 radical (unpaired) electrons. The fourth-order valence-corrected chi connectivity index (χ4v) is 4.97. The Labute approximate surface area is 196 Å². The van der Waals surface area contributed by atoms with Crippen molar-refractivity contribution in [1.29, 1.82) is 0 Å². The van der Waals surface area contributed by atoms with E-state index in [-0.39, 0.29) is 18.4 Å². The van der Waals surface area contributed by atoms with Crippen LogP contribution in [0.3, 0.4) is 0 Å². The lowest BCUT2D eigenvalue weighted by molar-refractivity contribution is 0.174. The van der Waals surface area contributed by atoms with E-state index in [1.807, 2.05) is 35.2 Å². The van der Waals surface area contributed by atoms with Gasteiger partial charge in [-0.2, -0.15) is 0 Å². The van der Waals surface area contributed by atoms with Crippen LogP contribution in [0.5, 0.6) is 17.2 Å². The molecule has 2 aromatic heterocycles. The van der Waals surface area contributed by atoms with E-state index in [2.05, 4.69) is 10.2 Å². The highest BCUT2D eigenvalue weighted by Crippen LogP contribution is 2.37. The molecule has 0 unspecified atom stereocenters. The zero-order valence-corrected chi connectivity index (χ0v) is 19.1. The van der Waals surface area contributed by atoms with Crippen LogP contribution in [-0.2, 0) is 19.4 Å². The van der Waals surface area contributed by atoms with Crippen molar-refractivity contribution in [2.45, 2.75) is 17.5 Å². The summed E-state index contributed by atoms with van der Waals surface area (Å²) in [5, 5.41) is 12.3. The number of hydrogen-bond donors (Lipinski definition) is 0. The lowest BCUT2D eigenvalue weighted by Gasteiger charge is -2.08. The Morgan fingerprint density at radius 2 is 2.06 bits per heavy atom. The quantitative estimate of drug-likeness (QED) is 0.324. The van der Waals surface area contributed by atoms with Crippen molar-refractivity contribution in [3.8, 4) is 27.8 Å². The van der Waals surface area contributed by atoms with Gasteiger partial charge in [-0.25, -0.2) is 9.37 Å². The third kappa shape index (κ3) is 4.38. The number of thiazole rings is 1. The maximum absolute atomic E-state index is 13.2. The number of fused-ring (bicyclic) bond motifs is 1. The Balaban J connectivity index is 1.21. The van der Waals surface area contributed by atoms with Gasteiger partial charge in [-0.1, -0.05) is 23.4 Å². The molecule has 1 aliphatic rings. The monoisotopic (exact) mass is 490 g/mol. The lowest BCUT2D eigenvalue weighted by Crippen LogP contribution is -2.04. The maximum atomic E-state index is 13.2. The molecule has 3 heterocycles. The maximum Gasteiger partial charge on any atom is 0.231 e. The SMILES string of the molecule is Cn1c(COc2ccc(F)cc2Cl)nnc1SCc1csc(-c2ccc3c(c2)OCO3)n1. The van der Waals surface area contributed by atoms with Gasteiger partial charge in [-0.15, -0.1) is 21.5 Å². The third-order valence-corrected chi connectivity index (χ3v) is 6.99. The number of nitrogens with zero attached hydrogens (tertiary/aromatic N) is 4. The summed E-state index contributed by atoms with van der Waals surface area (Å²) in [5.41, 5.74) is 1.94. The van der Waals surface area contributed by atoms with Crippen LogP contribution in [0, 0.1) is 5.82 Å². The van der Waals surface area contributed by atoms with Crippen LogP contribution in [0.2, 0.25) is 5.02 Å². The van der Waals surface area contributed by atoms with Gasteiger partial charge in [0.2, 0.25) is 6.79 Å². The molecule has 0 saturated heterocycles. The second-order valence-corrected chi connectivity index (χ2v) is 9.03. The van der Waals surface area contributed by atoms with Crippen molar-refractivity contribution >= 4 is 34.7 Å². The Hall–Kier alpha value is -2.82. The molecule has 0 N–H and O–H groups in total. The molecule has 0 aliphatic carbocycles. The zero-order valence-electron chi connectivity index (χ0n) is 16.7. The van der Waals surface area contributed by atoms with E-state index in [1.165, 1.54) is 30.0 Å². The molecule has 11 heteroatoms. The van der Waals surface area contributed by atoms with Gasteiger partial charge in [-0.3, -0.25) is 0 Å². The van der Waals surface area contributed by atoms with Crippen LogP contribution in [0.1, 0.15) is 11.5 Å². The summed E-state index contributed by atoms with van der Waals surface area (Å²) in [6.45, 7) is 0.417. The smallest absolute Gasteiger partial charge is 0.231 e. The van der Waals surface area contributed by atoms with Crippen LogP contribution in [0.4, 0.5) is 4.39 Å². The van der Waals surface area contributed by atoms with Crippen molar-refractivity contribution in [1.82, 2.24) is 19.7 Å². The van der Waals surface area contributed by atoms with Crippen molar-refractivity contribution in [3.63, 3.8) is 0 Å². The molecule has 0 bridgehead atoms. The van der Waals surface area contributed by atoms with Crippen LogP contribution < -0.4 is 14.2 Å². The summed E-state index contributed by atoms with van der Waals surface area (Å²) < 4.78 is 31.5. The van der Waals surface area contributed by atoms with Crippen molar-refractivity contribution < 1.29 is 18.6 Å². The Morgan fingerprint density at radius 3 is 2.94 bits per heavy atom. The van der Waals surface area contributed by atoms with E-state index in [9.17, 15) is 4.39 Å². The highest BCUT2D eigenvalue weighted by Gasteiger charge is 2.16. The Kier molecular flexibility index (Phi) is 5.90. The van der Waals surface area contributed by atoms with Gasteiger partial charge >= 0.3 is 0 Å². The summed E-state index contributed by atoms with van der Waals surface area (Å²) in [5.74, 6) is 2.76. The second-order valence-electron chi connectivity index (χ2n) is 6.82. The minimum absolute atomic E-state index is 0.167. The molecule has 0 amide bonds. The number of hydrogen-bond acceptors (Lipinski definition) is 8. The number of benzene rings is 2. The number of thioether (sulfide) groups is 1. The first-order valence-electron chi connectivity index (χ1n) is 9.50. The van der Waals surface area contributed by atoms with Gasteiger partial charge in [0, 0.05) is 23.7 Å². The fourth-order valence-electron chi connectivity index (χ4n) is 3.00. The van der Waals surface area contributed by atoms with Gasteiger partial charge in [0.25, 0.3) is 0 Å². The largest absolute Gasteiger partial charge is 0.484 e. The van der Waals surface area contributed by atoms with E-state index >= 15 is 0 Å². The van der Waals surface area contributed by atoms with Gasteiger partial charge < -0.3 is 18.8 Å². The molecule has 2 aromatic carbocycles. The highest BCUT2D eigenvalue weighted by atomic mass is 35.5. The molecule has 0 atom stereocenters. The van der Waals surface area contributed by atoms with Crippen molar-refractivity contribution in [2.24, 2.45) is 7.05 Å². The average molecular weight is 491 g/mol. The minimum atomic E-state index is -0.414. The van der Waals surface area contributed by atoms with E-state index < -0.39 is 5.82 Å². The molecule has 164 valence electrons. The number of rotatable bonds is 7. The van der Waals surface area contributed by atoms with E-state index in [0.717, 1.165) is 32.9 Å². The van der Waals surface area contributed by atoms with E-state index in [0.29, 0.717) is 17.3 Å². The summed E-state index contributed by atoms with van der Waals surface area (Å²) in [4.78, 5) is 4.72. The van der Waals surface area contributed by atoms with E-state index in [4.69, 9.17) is 30.8 Å². The first-order chi connectivity index (χ1) is 15.6. The fraction of sp³-hybridized carbons (Fsp3) is 0.190. The summed E-state index contributed by atoms with van der Waals surface area (Å²) in [6, 6.07) is 9.82. The van der Waals surface area contributed by atoms with Gasteiger partial charge in [-0.05, 0) is 36.4 Å². The van der Waals surface area contributed by atoms with Gasteiger partial charge in [0.05, 0.1) is 10.7 Å². The van der Waals surface area contributed by atoms with Gasteiger partial charge in [0.15, 0.2) is 22.5 Å². The molecule has 4 aromatic rings. The first-order valence-corrected chi connectivity index (χ1v) is 11.7. The Bertz CT molecular complexity index is 1280. The van der Waals surface area contributed by atoms with Crippen molar-refractivity contribution in [3.05, 3.63) is 64.1 Å². The number of aromatic nitrogens is 4. The molecular weight excluding hydrogens is 475 g/mol. The summed E-state index contributed by atoms with van der Waals surface area (Å²) in [7, 11) is 1.87. The molecule has 0 saturated carbocycles. The molecule has 0 fully saturated rings. The average Bonchev–Trinajstić information content (AvgIpc) is 3.51. The van der Waals surface area contributed by atoms with Gasteiger partial charge in [0.1, 0.15) is 23.2 Å². The highest BCUT2D eigenvalue weighted by molar-refractivity contribution is 7.98.